The number of nitrogens with one attached hydrogen (secondary N) is 2. The summed E-state index contributed by atoms with van der Waals surface area (Å²) in [4.78, 5) is 30.2. The second-order valence-corrected chi connectivity index (χ2v) is 9.37. The van der Waals surface area contributed by atoms with E-state index < -0.39 is 16.4 Å². The summed E-state index contributed by atoms with van der Waals surface area (Å²) in [5, 5.41) is 4.83. The summed E-state index contributed by atoms with van der Waals surface area (Å²) >= 11 is 6.55. The maximum atomic E-state index is 13.4. The van der Waals surface area contributed by atoms with Gasteiger partial charge in [0.05, 0.1) is 28.1 Å². The fraction of sp³-hybridized carbons (Fsp3) is 0. The minimum Gasteiger partial charge on any atom is -0.362 e. The number of anilines is 1. The van der Waals surface area contributed by atoms with E-state index in [-0.39, 0.29) is 16.1 Å². The summed E-state index contributed by atoms with van der Waals surface area (Å²) in [6.45, 7) is 0. The van der Waals surface area contributed by atoms with Crippen molar-refractivity contribution in [2.45, 2.75) is 4.90 Å². The molecular formula is C25H15ClN6O3S. The first-order valence-corrected chi connectivity index (χ1v) is 12.2. The van der Waals surface area contributed by atoms with Gasteiger partial charge in [0.1, 0.15) is 16.8 Å². The number of benzene rings is 2. The number of aromatic amines is 1. The molecule has 4 aromatic heterocycles. The van der Waals surface area contributed by atoms with Crippen molar-refractivity contribution in [1.82, 2.24) is 25.1 Å². The first-order chi connectivity index (χ1) is 17.6. The van der Waals surface area contributed by atoms with Crippen molar-refractivity contribution >= 4 is 50.3 Å². The van der Waals surface area contributed by atoms with Gasteiger partial charge in [0.25, 0.3) is 0 Å². The highest BCUT2D eigenvalue weighted by Crippen LogP contribution is 2.34. The second kappa shape index (κ2) is 8.99. The third-order valence-electron chi connectivity index (χ3n) is 5.50. The first-order valence-electron chi connectivity index (χ1n) is 10.7. The van der Waals surface area contributed by atoms with Gasteiger partial charge in [-0.2, -0.15) is 0 Å². The van der Waals surface area contributed by atoms with Crippen LogP contribution in [0.1, 0.15) is 0 Å². The molecular weight excluding hydrogens is 500 g/mol. The Morgan fingerprint density at radius 2 is 1.81 bits per heavy atom. The molecule has 176 valence electrons. The lowest BCUT2D eigenvalue weighted by Crippen LogP contribution is -2.18. The second-order valence-electron chi connectivity index (χ2n) is 7.78. The fourth-order valence-corrected chi connectivity index (χ4v) is 4.98. The lowest BCUT2D eigenvalue weighted by Gasteiger charge is -2.12. The topological polar surface area (TPSA) is 127 Å². The van der Waals surface area contributed by atoms with E-state index in [9.17, 15) is 9.00 Å². The molecule has 0 saturated heterocycles. The Kier molecular flexibility index (Phi) is 5.51. The van der Waals surface area contributed by atoms with Gasteiger partial charge in [-0.05, 0) is 18.2 Å². The summed E-state index contributed by atoms with van der Waals surface area (Å²) in [5.41, 5.74) is 3.33. The van der Waals surface area contributed by atoms with Gasteiger partial charge < -0.3 is 9.51 Å². The Balaban J connectivity index is 1.58. The minimum atomic E-state index is -1.89. The Morgan fingerprint density at radius 3 is 2.61 bits per heavy atom. The molecule has 0 aliphatic carbocycles. The first kappa shape index (κ1) is 22.1. The largest absolute Gasteiger partial charge is 0.362 e. The molecule has 0 fully saturated rings. The molecule has 1 atom stereocenters. The van der Waals surface area contributed by atoms with Gasteiger partial charge in [0.15, 0.2) is 22.1 Å². The van der Waals surface area contributed by atoms with Crippen molar-refractivity contribution in [3.63, 3.8) is 0 Å². The van der Waals surface area contributed by atoms with Crippen molar-refractivity contribution in [3.8, 4) is 22.5 Å². The van der Waals surface area contributed by atoms with Gasteiger partial charge in [-0.25, -0.2) is 14.2 Å². The Morgan fingerprint density at radius 1 is 0.972 bits per heavy atom. The highest BCUT2D eigenvalue weighted by Gasteiger charge is 2.20. The van der Waals surface area contributed by atoms with Crippen molar-refractivity contribution in [2.24, 2.45) is 0 Å². The van der Waals surface area contributed by atoms with E-state index in [1.165, 1.54) is 18.7 Å². The smallest absolute Gasteiger partial charge is 0.227 e. The molecule has 0 aliphatic heterocycles. The molecule has 2 aromatic carbocycles. The number of aromatic nitrogens is 5. The van der Waals surface area contributed by atoms with Crippen LogP contribution in [0.3, 0.4) is 0 Å². The molecule has 6 aromatic rings. The number of hydrogen-bond acceptors (Lipinski definition) is 7. The molecule has 0 radical (unpaired) electrons. The fourth-order valence-electron chi connectivity index (χ4n) is 3.85. The van der Waals surface area contributed by atoms with Gasteiger partial charge in [-0.3, -0.25) is 14.5 Å². The monoisotopic (exact) mass is 514 g/mol. The summed E-state index contributed by atoms with van der Waals surface area (Å²) in [7, 11) is -1.89. The normalized spacial score (nSPS) is 12.1. The van der Waals surface area contributed by atoms with Crippen molar-refractivity contribution in [1.29, 1.82) is 0 Å². The average Bonchev–Trinajstić information content (AvgIpc) is 3.42. The van der Waals surface area contributed by atoms with Crippen LogP contribution in [-0.2, 0) is 11.0 Å². The maximum absolute atomic E-state index is 13.4. The highest BCUT2D eigenvalue weighted by atomic mass is 35.5. The third-order valence-corrected chi connectivity index (χ3v) is 6.91. The predicted octanol–water partition coefficient (Wildman–Crippen LogP) is 4.98. The van der Waals surface area contributed by atoms with Crippen LogP contribution in [0.25, 0.3) is 44.6 Å². The zero-order valence-electron chi connectivity index (χ0n) is 18.3. The number of fused-ring (bicyclic) bond motifs is 2. The molecule has 0 amide bonds. The molecule has 11 heteroatoms. The Labute approximate surface area is 210 Å². The number of halogens is 1. The summed E-state index contributed by atoms with van der Waals surface area (Å²) < 4.78 is 20.3. The van der Waals surface area contributed by atoms with Crippen LogP contribution in [0.5, 0.6) is 0 Å². The Bertz CT molecular complexity index is 1820. The molecule has 0 saturated carbocycles. The molecule has 9 nitrogen and oxygen atoms in total. The predicted molar refractivity (Wildman–Crippen MR) is 138 cm³/mol. The van der Waals surface area contributed by atoms with Crippen LogP contribution < -0.4 is 10.2 Å². The van der Waals surface area contributed by atoms with Gasteiger partial charge in [0.2, 0.25) is 5.43 Å². The molecule has 0 bridgehead atoms. The summed E-state index contributed by atoms with van der Waals surface area (Å²) in [5.74, 6) is 0. The molecule has 2 N–H and O–H groups in total. The lowest BCUT2D eigenvalue weighted by molar-refractivity contribution is 0.420. The quantitative estimate of drug-likeness (QED) is 0.332. The van der Waals surface area contributed by atoms with Crippen LogP contribution >= 0.6 is 11.6 Å². The van der Waals surface area contributed by atoms with Crippen molar-refractivity contribution < 1.29 is 8.73 Å². The summed E-state index contributed by atoms with van der Waals surface area (Å²) in [6, 6.07) is 16.9. The summed E-state index contributed by atoms with van der Waals surface area (Å²) in [6.07, 6.45) is 5.68. The molecule has 36 heavy (non-hydrogen) atoms. The van der Waals surface area contributed by atoms with Crippen LogP contribution in [0.2, 0.25) is 5.02 Å². The standard InChI is InChI=1S/C25H15ClN6O3S/c26-18-10-16(9-15-7-4-8-27-20(15)18)22-21(14-5-2-1-3-6-14)31-25-23(30-22)24(33)19(12-28-25)36(34)32-17-11-29-35-13-17/h1-13,32H,(H,28,31,33). The van der Waals surface area contributed by atoms with E-state index in [4.69, 9.17) is 26.1 Å². The third kappa shape index (κ3) is 3.92. The minimum absolute atomic E-state index is 0.0165. The maximum Gasteiger partial charge on any atom is 0.227 e. The van der Waals surface area contributed by atoms with Crippen molar-refractivity contribution in [3.05, 3.63) is 94.7 Å². The molecule has 0 spiro atoms. The Hall–Kier alpha value is -4.41. The van der Waals surface area contributed by atoms with E-state index in [0.29, 0.717) is 33.2 Å². The van der Waals surface area contributed by atoms with E-state index in [0.717, 1.165) is 10.9 Å². The van der Waals surface area contributed by atoms with Crippen LogP contribution in [0.4, 0.5) is 5.69 Å². The van der Waals surface area contributed by atoms with E-state index in [1.54, 1.807) is 12.3 Å². The van der Waals surface area contributed by atoms with Crippen LogP contribution in [0, 0.1) is 0 Å². The number of pyridine rings is 2. The SMILES string of the molecule is O=c1c(S(=O)Nc2cnoc2)c[nH]c2nc(-c3ccccc3)c(-c3cc(Cl)c4ncccc4c3)nc12. The number of hydrogen-bond donors (Lipinski definition) is 2. The van der Waals surface area contributed by atoms with E-state index in [1.807, 2.05) is 48.5 Å². The highest BCUT2D eigenvalue weighted by molar-refractivity contribution is 7.86. The zero-order chi connectivity index (χ0) is 24.6. The van der Waals surface area contributed by atoms with Gasteiger partial charge in [-0.15, -0.1) is 0 Å². The molecule has 1 unspecified atom stereocenters. The zero-order valence-corrected chi connectivity index (χ0v) is 19.9. The lowest BCUT2D eigenvalue weighted by atomic mass is 10.0. The molecule has 6 rings (SSSR count). The molecule has 0 aliphatic rings. The average molecular weight is 515 g/mol. The molecule has 4 heterocycles. The number of rotatable bonds is 5. The van der Waals surface area contributed by atoms with E-state index >= 15 is 0 Å². The van der Waals surface area contributed by atoms with Crippen LogP contribution in [-0.4, -0.2) is 29.3 Å². The van der Waals surface area contributed by atoms with Gasteiger partial charge in [0, 0.05) is 28.9 Å². The van der Waals surface area contributed by atoms with E-state index in [2.05, 4.69) is 19.8 Å². The van der Waals surface area contributed by atoms with Crippen molar-refractivity contribution in [2.75, 3.05) is 4.72 Å². The van der Waals surface area contributed by atoms with Gasteiger partial charge in [-0.1, -0.05) is 53.2 Å². The number of H-pyrrole nitrogens is 1. The number of nitrogens with zero attached hydrogens (tertiary/aromatic N) is 4. The van der Waals surface area contributed by atoms with Crippen LogP contribution in [0.15, 0.2) is 93.7 Å². The van der Waals surface area contributed by atoms with Gasteiger partial charge >= 0.3 is 0 Å².